The summed E-state index contributed by atoms with van der Waals surface area (Å²) >= 11 is 1.44. The topological polar surface area (TPSA) is 82.2 Å². The fraction of sp³-hybridized carbons (Fsp3) is 0.211. The first-order valence-electron chi connectivity index (χ1n) is 8.54. The van der Waals surface area contributed by atoms with Gasteiger partial charge in [-0.05, 0) is 42.5 Å². The van der Waals surface area contributed by atoms with E-state index >= 15 is 0 Å². The maximum absolute atomic E-state index is 12.6. The van der Waals surface area contributed by atoms with E-state index in [9.17, 15) is 4.79 Å². The highest BCUT2D eigenvalue weighted by molar-refractivity contribution is 7.12. The highest BCUT2D eigenvalue weighted by atomic mass is 32.1. The first kappa shape index (κ1) is 16.5. The Hall–Kier alpha value is -2.93. The summed E-state index contributed by atoms with van der Waals surface area (Å²) in [6.07, 6.45) is 9.33. The van der Waals surface area contributed by atoms with Gasteiger partial charge in [-0.25, -0.2) is 4.98 Å². The van der Waals surface area contributed by atoms with Crippen LogP contribution >= 0.6 is 11.3 Å². The highest BCUT2D eigenvalue weighted by Gasteiger charge is 2.14. The van der Waals surface area contributed by atoms with Crippen LogP contribution in [0.1, 0.15) is 22.5 Å². The van der Waals surface area contributed by atoms with Crippen LogP contribution in [0.15, 0.2) is 52.6 Å². The number of carbonyl (C=O) groups is 1. The number of aromatic nitrogens is 2. The quantitative estimate of drug-likeness (QED) is 0.620. The molecular formula is C19H19N5OS. The minimum Gasteiger partial charge on any atom is -0.354 e. The third-order valence-corrected chi connectivity index (χ3v) is 5.22. The van der Waals surface area contributed by atoms with Gasteiger partial charge in [-0.3, -0.25) is 9.79 Å². The van der Waals surface area contributed by atoms with Crippen molar-refractivity contribution in [3.63, 3.8) is 0 Å². The molecule has 0 bridgehead atoms. The van der Waals surface area contributed by atoms with Gasteiger partial charge in [0.1, 0.15) is 10.5 Å². The van der Waals surface area contributed by atoms with E-state index in [-0.39, 0.29) is 5.91 Å². The molecular weight excluding hydrogens is 346 g/mol. The number of fused-ring (bicyclic) bond motifs is 1. The Kier molecular flexibility index (Phi) is 4.79. The monoisotopic (exact) mass is 365 g/mol. The number of hydrogen-bond donors (Lipinski definition) is 3. The van der Waals surface area contributed by atoms with Crippen LogP contribution < -0.4 is 10.6 Å². The van der Waals surface area contributed by atoms with Gasteiger partial charge in [0.2, 0.25) is 0 Å². The van der Waals surface area contributed by atoms with Gasteiger partial charge in [0, 0.05) is 37.1 Å². The van der Waals surface area contributed by atoms with Crippen LogP contribution in [0.4, 0.5) is 11.4 Å². The predicted molar refractivity (Wildman–Crippen MR) is 107 cm³/mol. The first-order valence-corrected chi connectivity index (χ1v) is 9.42. The Morgan fingerprint density at radius 3 is 3.12 bits per heavy atom. The van der Waals surface area contributed by atoms with E-state index in [1.54, 1.807) is 6.20 Å². The number of dihydropyridines is 1. The summed E-state index contributed by atoms with van der Waals surface area (Å²) in [6, 6.07) is 5.81. The van der Waals surface area contributed by atoms with E-state index in [2.05, 4.69) is 25.6 Å². The number of nitrogens with one attached hydrogen (secondary N) is 3. The maximum atomic E-state index is 12.6. The average Bonchev–Trinajstić information content (AvgIpc) is 3.32. The number of thiophene rings is 1. The lowest BCUT2D eigenvalue weighted by Gasteiger charge is -2.11. The van der Waals surface area contributed by atoms with Gasteiger partial charge in [-0.15, -0.1) is 11.3 Å². The van der Waals surface area contributed by atoms with E-state index in [0.29, 0.717) is 11.4 Å². The SMILES string of the molecule is O=C(NCCC1=CC=NCC1)c1sccc1Nc1ccnc2[nH]ccc12. The Morgan fingerprint density at radius 1 is 1.27 bits per heavy atom. The molecule has 4 heterocycles. The van der Waals surface area contributed by atoms with Crippen molar-refractivity contribution in [2.75, 3.05) is 18.4 Å². The molecule has 4 rings (SSSR count). The fourth-order valence-electron chi connectivity index (χ4n) is 2.95. The summed E-state index contributed by atoms with van der Waals surface area (Å²) < 4.78 is 0. The number of aliphatic imine (C=N–C) groups is 1. The van der Waals surface area contributed by atoms with Crippen molar-refractivity contribution < 1.29 is 4.79 Å². The van der Waals surface area contributed by atoms with E-state index in [4.69, 9.17) is 0 Å². The Bertz CT molecular complexity index is 985. The van der Waals surface area contributed by atoms with Gasteiger partial charge in [0.15, 0.2) is 0 Å². The van der Waals surface area contributed by atoms with Crippen molar-refractivity contribution in [3.8, 4) is 0 Å². The molecule has 0 saturated heterocycles. The molecule has 0 atom stereocenters. The van der Waals surface area contributed by atoms with Crippen LogP contribution in [0, 0.1) is 0 Å². The summed E-state index contributed by atoms with van der Waals surface area (Å²) in [5, 5.41) is 9.30. The van der Waals surface area contributed by atoms with E-state index in [1.807, 2.05) is 42.1 Å². The molecule has 0 fully saturated rings. The second-order valence-electron chi connectivity index (χ2n) is 6.02. The lowest BCUT2D eigenvalue weighted by molar-refractivity contribution is 0.0959. The molecule has 0 spiro atoms. The molecule has 6 nitrogen and oxygen atoms in total. The fourth-order valence-corrected chi connectivity index (χ4v) is 3.71. The third-order valence-electron chi connectivity index (χ3n) is 4.31. The molecule has 26 heavy (non-hydrogen) atoms. The number of pyridine rings is 1. The van der Waals surface area contributed by atoms with Crippen LogP contribution in [0.2, 0.25) is 0 Å². The van der Waals surface area contributed by atoms with Crippen molar-refractivity contribution >= 4 is 45.9 Å². The Labute approximate surface area is 155 Å². The molecule has 3 aromatic rings. The van der Waals surface area contributed by atoms with Gasteiger partial charge in [-0.1, -0.05) is 5.57 Å². The molecule has 0 aliphatic carbocycles. The molecule has 0 unspecified atom stereocenters. The second kappa shape index (κ2) is 7.53. The van der Waals surface area contributed by atoms with Crippen LogP contribution in [0.3, 0.4) is 0 Å². The zero-order valence-corrected chi connectivity index (χ0v) is 15.0. The first-order chi connectivity index (χ1) is 12.8. The zero-order valence-electron chi connectivity index (χ0n) is 14.2. The molecule has 1 aliphatic heterocycles. The van der Waals surface area contributed by atoms with Crippen molar-refractivity contribution in [2.45, 2.75) is 12.8 Å². The highest BCUT2D eigenvalue weighted by Crippen LogP contribution is 2.29. The number of aromatic amines is 1. The third kappa shape index (κ3) is 3.52. The largest absolute Gasteiger partial charge is 0.354 e. The summed E-state index contributed by atoms with van der Waals surface area (Å²) in [5.74, 6) is -0.0491. The summed E-state index contributed by atoms with van der Waals surface area (Å²) in [6.45, 7) is 1.48. The van der Waals surface area contributed by atoms with Gasteiger partial charge >= 0.3 is 0 Å². The van der Waals surface area contributed by atoms with Crippen molar-refractivity contribution in [2.24, 2.45) is 4.99 Å². The molecule has 7 heteroatoms. The molecule has 0 aromatic carbocycles. The van der Waals surface area contributed by atoms with E-state index in [1.165, 1.54) is 16.9 Å². The molecule has 132 valence electrons. The predicted octanol–water partition coefficient (Wildman–Crippen LogP) is 3.89. The molecule has 3 aromatic heterocycles. The molecule has 3 N–H and O–H groups in total. The smallest absolute Gasteiger partial charge is 0.263 e. The number of nitrogens with zero attached hydrogens (tertiary/aromatic N) is 2. The van der Waals surface area contributed by atoms with Gasteiger partial charge in [-0.2, -0.15) is 0 Å². The molecule has 0 radical (unpaired) electrons. The number of rotatable bonds is 6. The van der Waals surface area contributed by atoms with Gasteiger partial charge in [0.25, 0.3) is 5.91 Å². The van der Waals surface area contributed by atoms with Gasteiger partial charge < -0.3 is 15.6 Å². The molecule has 0 saturated carbocycles. The van der Waals surface area contributed by atoms with E-state index < -0.39 is 0 Å². The van der Waals surface area contributed by atoms with Crippen LogP contribution in [0.25, 0.3) is 11.0 Å². The minimum atomic E-state index is -0.0491. The summed E-state index contributed by atoms with van der Waals surface area (Å²) in [4.78, 5) is 24.8. The molecule has 1 aliphatic rings. The molecule has 1 amide bonds. The lowest BCUT2D eigenvalue weighted by Crippen LogP contribution is -2.24. The lowest BCUT2D eigenvalue weighted by atomic mass is 10.1. The Morgan fingerprint density at radius 2 is 2.23 bits per heavy atom. The summed E-state index contributed by atoms with van der Waals surface area (Å²) in [7, 11) is 0. The van der Waals surface area contributed by atoms with Crippen LogP contribution in [0.5, 0.6) is 0 Å². The minimum absolute atomic E-state index is 0.0491. The van der Waals surface area contributed by atoms with Crippen molar-refractivity contribution in [3.05, 3.63) is 52.5 Å². The zero-order chi connectivity index (χ0) is 17.8. The standard InChI is InChI=1S/C19H19N5OS/c25-19(23-9-3-13-1-7-20-8-2-13)17-16(6-12-26-17)24-15-5-11-22-18-14(15)4-10-21-18/h1,4-7,10-12H,2-3,8-9H2,(H,23,25)(H2,21,22,24). The number of hydrogen-bond acceptors (Lipinski definition) is 5. The second-order valence-corrected chi connectivity index (χ2v) is 6.94. The number of allylic oxidation sites excluding steroid dienone is 1. The normalized spacial score (nSPS) is 13.6. The number of anilines is 2. The van der Waals surface area contributed by atoms with Crippen molar-refractivity contribution in [1.29, 1.82) is 0 Å². The number of carbonyl (C=O) groups excluding carboxylic acids is 1. The average molecular weight is 365 g/mol. The summed E-state index contributed by atoms with van der Waals surface area (Å²) in [5.41, 5.74) is 3.89. The number of H-pyrrole nitrogens is 1. The van der Waals surface area contributed by atoms with Gasteiger partial charge in [0.05, 0.1) is 11.4 Å². The maximum Gasteiger partial charge on any atom is 0.263 e. The Balaban J connectivity index is 1.43. The van der Waals surface area contributed by atoms with Crippen molar-refractivity contribution in [1.82, 2.24) is 15.3 Å². The number of amides is 1. The van der Waals surface area contributed by atoms with Crippen LogP contribution in [-0.4, -0.2) is 35.2 Å². The van der Waals surface area contributed by atoms with Crippen LogP contribution in [-0.2, 0) is 0 Å². The van der Waals surface area contributed by atoms with E-state index in [0.717, 1.165) is 41.8 Å².